The highest BCUT2D eigenvalue weighted by molar-refractivity contribution is 8.35. The molecule has 0 fully saturated rings. The highest BCUT2D eigenvalue weighted by atomic mass is 32.2. The lowest BCUT2D eigenvalue weighted by Crippen LogP contribution is -1.97. The summed E-state index contributed by atoms with van der Waals surface area (Å²) < 4.78 is 8.62. The van der Waals surface area contributed by atoms with Crippen LogP contribution < -0.4 is 4.74 Å². The number of rotatable bonds is 7. The largest absolute Gasteiger partial charge is 0.494 e. The predicted molar refractivity (Wildman–Crippen MR) is 111 cm³/mol. The van der Waals surface area contributed by atoms with Crippen LogP contribution in [-0.2, 0) is 0 Å². The van der Waals surface area contributed by atoms with Gasteiger partial charge in [-0.15, -0.1) is 0 Å². The van der Waals surface area contributed by atoms with Gasteiger partial charge in [0.05, 0.1) is 15.1 Å². The van der Waals surface area contributed by atoms with Crippen LogP contribution in [0.1, 0.15) is 38.2 Å². The van der Waals surface area contributed by atoms with E-state index in [2.05, 4.69) is 47.4 Å². The Kier molecular flexibility index (Phi) is 6.99. The fraction of sp³-hybridized carbons (Fsp3) is 0.333. The first-order valence-electron chi connectivity index (χ1n) is 7.87. The average molecular weight is 381 g/mol. The zero-order chi connectivity index (χ0) is 15.9. The van der Waals surface area contributed by atoms with Gasteiger partial charge in [-0.3, -0.25) is 0 Å². The first-order chi connectivity index (χ1) is 11.4. The average Bonchev–Trinajstić information content (AvgIpc) is 3.26. The molecule has 2 aliphatic heterocycles. The molecule has 0 atom stereocenters. The van der Waals surface area contributed by atoms with Crippen molar-refractivity contribution in [3.8, 4) is 5.75 Å². The maximum atomic E-state index is 5.82. The van der Waals surface area contributed by atoms with Crippen LogP contribution in [0.15, 0.2) is 49.0 Å². The van der Waals surface area contributed by atoms with Crippen LogP contribution in [-0.4, -0.2) is 6.61 Å². The molecule has 1 aromatic rings. The summed E-state index contributed by atoms with van der Waals surface area (Å²) in [6.45, 7) is 3.06. The maximum absolute atomic E-state index is 5.82. The summed E-state index contributed by atoms with van der Waals surface area (Å²) in [5.74, 6) is 0.978. The van der Waals surface area contributed by atoms with Crippen molar-refractivity contribution in [2.45, 2.75) is 32.6 Å². The number of unbranched alkanes of at least 4 members (excludes halogenated alkanes) is 3. The zero-order valence-corrected chi connectivity index (χ0v) is 16.4. The molecule has 0 N–H and O–H groups in total. The van der Waals surface area contributed by atoms with Crippen LogP contribution in [0.25, 0.3) is 4.91 Å². The molecule has 0 saturated heterocycles. The van der Waals surface area contributed by atoms with Crippen molar-refractivity contribution in [1.29, 1.82) is 0 Å². The molecular weight excluding hydrogens is 360 g/mol. The number of ether oxygens (including phenoxy) is 1. The number of benzene rings is 1. The predicted octanol–water partition coefficient (Wildman–Crippen LogP) is 7.50. The number of hydrogen-bond donors (Lipinski definition) is 0. The molecule has 0 amide bonds. The molecule has 0 spiro atoms. The first kappa shape index (κ1) is 17.5. The van der Waals surface area contributed by atoms with E-state index in [0.717, 1.165) is 18.8 Å². The van der Waals surface area contributed by atoms with Crippen molar-refractivity contribution in [2.24, 2.45) is 0 Å². The summed E-state index contributed by atoms with van der Waals surface area (Å²) in [6, 6.07) is 8.52. The molecule has 122 valence electrons. The van der Waals surface area contributed by atoms with Gasteiger partial charge in [0.15, 0.2) is 0 Å². The quantitative estimate of drug-likeness (QED) is 0.451. The molecule has 2 heterocycles. The van der Waals surface area contributed by atoms with Crippen molar-refractivity contribution in [1.82, 2.24) is 0 Å². The molecule has 1 nitrogen and oxygen atoms in total. The third kappa shape index (κ3) is 5.05. The number of hydrogen-bond acceptors (Lipinski definition) is 5. The van der Waals surface area contributed by atoms with Crippen LogP contribution in [0.3, 0.4) is 0 Å². The Bertz CT molecular complexity index is 606. The Morgan fingerprint density at radius 3 is 2.39 bits per heavy atom. The summed E-state index contributed by atoms with van der Waals surface area (Å²) in [4.78, 5) is 1.33. The summed E-state index contributed by atoms with van der Waals surface area (Å²) in [5.41, 5.74) is 1.28. The minimum Gasteiger partial charge on any atom is -0.494 e. The molecule has 0 unspecified atom stereocenters. The lowest BCUT2D eigenvalue weighted by molar-refractivity contribution is 0.305. The fourth-order valence-corrected chi connectivity index (χ4v) is 6.69. The van der Waals surface area contributed by atoms with Crippen molar-refractivity contribution >= 4 is 52.0 Å². The fourth-order valence-electron chi connectivity index (χ4n) is 2.21. The minimum atomic E-state index is 0.824. The van der Waals surface area contributed by atoms with Gasteiger partial charge < -0.3 is 4.74 Å². The van der Waals surface area contributed by atoms with Crippen LogP contribution in [0.2, 0.25) is 0 Å². The summed E-state index contributed by atoms with van der Waals surface area (Å²) in [6.07, 6.45) is 4.98. The monoisotopic (exact) mass is 380 g/mol. The van der Waals surface area contributed by atoms with E-state index in [4.69, 9.17) is 4.74 Å². The second-order valence-electron chi connectivity index (χ2n) is 5.22. The molecule has 0 aliphatic carbocycles. The van der Waals surface area contributed by atoms with E-state index >= 15 is 0 Å². The van der Waals surface area contributed by atoms with Gasteiger partial charge in [-0.25, -0.2) is 0 Å². The molecule has 5 heteroatoms. The lowest BCUT2D eigenvalue weighted by atomic mass is 10.2. The van der Waals surface area contributed by atoms with Gasteiger partial charge in [-0.2, -0.15) is 0 Å². The second kappa shape index (κ2) is 9.21. The molecule has 0 bridgehead atoms. The number of thioether (sulfide) groups is 4. The molecule has 0 saturated carbocycles. The summed E-state index contributed by atoms with van der Waals surface area (Å²) >= 11 is 7.35. The van der Waals surface area contributed by atoms with Gasteiger partial charge >= 0.3 is 0 Å². The van der Waals surface area contributed by atoms with Gasteiger partial charge in [0.2, 0.25) is 0 Å². The maximum Gasteiger partial charge on any atom is 0.119 e. The van der Waals surface area contributed by atoms with Crippen molar-refractivity contribution in [3.63, 3.8) is 0 Å². The van der Waals surface area contributed by atoms with E-state index in [1.807, 2.05) is 47.0 Å². The first-order valence-corrected chi connectivity index (χ1v) is 11.3. The molecule has 0 aromatic heterocycles. The van der Waals surface area contributed by atoms with Crippen LogP contribution in [0.4, 0.5) is 0 Å². The van der Waals surface area contributed by atoms with Crippen LogP contribution in [0, 0.1) is 0 Å². The highest BCUT2D eigenvalue weighted by Gasteiger charge is 2.19. The van der Waals surface area contributed by atoms with Gasteiger partial charge in [-0.1, -0.05) is 85.4 Å². The van der Waals surface area contributed by atoms with Gasteiger partial charge in [0.1, 0.15) is 5.75 Å². The van der Waals surface area contributed by atoms with E-state index in [1.54, 1.807) is 0 Å². The van der Waals surface area contributed by atoms with Crippen LogP contribution >= 0.6 is 47.0 Å². The van der Waals surface area contributed by atoms with Crippen LogP contribution in [0.5, 0.6) is 5.75 Å². The van der Waals surface area contributed by atoms with E-state index in [0.29, 0.717) is 0 Å². The third-order valence-electron chi connectivity index (χ3n) is 3.45. The van der Waals surface area contributed by atoms with E-state index < -0.39 is 0 Å². The SMILES string of the molecule is CCCCCCOc1ccc(C2=CSC(=C3SC=CS3)S2)cc1. The second-order valence-corrected chi connectivity index (χ2v) is 9.50. The van der Waals surface area contributed by atoms with E-state index in [-0.39, 0.29) is 0 Å². The molecule has 0 radical (unpaired) electrons. The topological polar surface area (TPSA) is 9.23 Å². The normalized spacial score (nSPS) is 17.0. The Balaban J connectivity index is 1.51. The summed E-state index contributed by atoms with van der Waals surface area (Å²) in [7, 11) is 0. The Hall–Kier alpha value is -0.360. The lowest BCUT2D eigenvalue weighted by Gasteiger charge is -2.07. The summed E-state index contributed by atoms with van der Waals surface area (Å²) in [5, 5.41) is 6.56. The standard InChI is InChI=1S/C18H20OS4/c1-2-3-4-5-10-19-15-8-6-14(7-9-15)16-13-22-18(23-16)17-20-11-12-21-17/h6-9,11-13H,2-5,10H2,1H3. The molecular formula is C18H20OS4. The highest BCUT2D eigenvalue weighted by Crippen LogP contribution is 2.55. The molecule has 3 rings (SSSR count). The smallest absolute Gasteiger partial charge is 0.119 e. The van der Waals surface area contributed by atoms with Crippen molar-refractivity contribution in [3.05, 3.63) is 54.5 Å². The minimum absolute atomic E-state index is 0.824. The van der Waals surface area contributed by atoms with Gasteiger partial charge in [0.25, 0.3) is 0 Å². The zero-order valence-electron chi connectivity index (χ0n) is 13.1. The van der Waals surface area contributed by atoms with Crippen molar-refractivity contribution < 1.29 is 4.74 Å². The third-order valence-corrected chi connectivity index (χ3v) is 8.52. The van der Waals surface area contributed by atoms with Crippen molar-refractivity contribution in [2.75, 3.05) is 6.61 Å². The van der Waals surface area contributed by atoms with Gasteiger partial charge in [0, 0.05) is 4.91 Å². The van der Waals surface area contributed by atoms with E-state index in [1.165, 1.54) is 38.2 Å². The Morgan fingerprint density at radius 1 is 0.870 bits per heavy atom. The van der Waals surface area contributed by atoms with Gasteiger partial charge in [-0.05, 0) is 40.3 Å². The Morgan fingerprint density at radius 2 is 1.65 bits per heavy atom. The molecule has 1 aromatic carbocycles. The Labute approximate surface area is 155 Å². The molecule has 2 aliphatic rings. The van der Waals surface area contributed by atoms with E-state index in [9.17, 15) is 0 Å². The molecule has 23 heavy (non-hydrogen) atoms.